The minimum Gasteiger partial charge on any atom is -0.450 e. The number of ether oxygens (including phenoxy) is 1. The molecule has 1 aliphatic heterocycles. The van der Waals surface area contributed by atoms with Crippen molar-refractivity contribution in [3.63, 3.8) is 0 Å². The van der Waals surface area contributed by atoms with E-state index in [-0.39, 0.29) is 12.0 Å². The Morgan fingerprint density at radius 3 is 2.33 bits per heavy atom. The third-order valence-electron chi connectivity index (χ3n) is 4.08. The molecule has 1 heterocycles. The molecule has 2 amide bonds. The lowest BCUT2D eigenvalue weighted by atomic mass is 10.2. The van der Waals surface area contributed by atoms with Crippen LogP contribution in [0.5, 0.6) is 0 Å². The van der Waals surface area contributed by atoms with Gasteiger partial charge in [-0.15, -0.1) is 0 Å². The molecule has 0 bridgehead atoms. The lowest BCUT2D eigenvalue weighted by Crippen LogP contribution is -2.49. The molecule has 1 saturated heterocycles. The van der Waals surface area contributed by atoms with Gasteiger partial charge in [-0.05, 0) is 37.6 Å². The summed E-state index contributed by atoms with van der Waals surface area (Å²) in [6.07, 6.45) is 2.26. The van der Waals surface area contributed by atoms with E-state index in [0.29, 0.717) is 26.1 Å². The van der Waals surface area contributed by atoms with Crippen LogP contribution in [-0.4, -0.2) is 49.7 Å². The highest BCUT2D eigenvalue weighted by Crippen LogP contribution is 2.20. The molecule has 2 rings (SSSR count). The molecule has 0 aromatic heterocycles. The first-order valence-electron chi connectivity index (χ1n) is 8.70. The first-order valence-corrected chi connectivity index (χ1v) is 8.70. The molecule has 24 heavy (non-hydrogen) atoms. The Labute approximate surface area is 143 Å². The number of hydrogen-bond acceptors (Lipinski definition) is 4. The zero-order valence-electron chi connectivity index (χ0n) is 14.6. The highest BCUT2D eigenvalue weighted by Gasteiger charge is 2.21. The molecule has 0 saturated carbocycles. The standard InChI is InChI=1S/C18H27N3O3/c1-3-5-6-17(22)19-15-7-9-16(10-8-15)20-11-13-21(14-12-20)18(23)24-4-2/h7-10H,3-6,11-14H2,1-2H3,(H,19,22). The summed E-state index contributed by atoms with van der Waals surface area (Å²) in [7, 11) is 0. The molecular weight excluding hydrogens is 306 g/mol. The summed E-state index contributed by atoms with van der Waals surface area (Å²) in [5.41, 5.74) is 1.93. The molecule has 6 nitrogen and oxygen atoms in total. The number of anilines is 2. The third kappa shape index (κ3) is 5.15. The van der Waals surface area contributed by atoms with E-state index in [1.807, 2.05) is 31.2 Å². The SMILES string of the molecule is CCCCC(=O)Nc1ccc(N2CCN(C(=O)OCC)CC2)cc1. The van der Waals surface area contributed by atoms with E-state index < -0.39 is 0 Å². The zero-order chi connectivity index (χ0) is 17.4. The van der Waals surface area contributed by atoms with Crippen molar-refractivity contribution in [1.82, 2.24) is 4.90 Å². The number of unbranched alkanes of at least 4 members (excludes halogenated alkanes) is 1. The highest BCUT2D eigenvalue weighted by atomic mass is 16.6. The monoisotopic (exact) mass is 333 g/mol. The van der Waals surface area contributed by atoms with Crippen molar-refractivity contribution in [1.29, 1.82) is 0 Å². The summed E-state index contributed by atoms with van der Waals surface area (Å²) in [4.78, 5) is 27.4. The van der Waals surface area contributed by atoms with Crippen molar-refractivity contribution in [3.8, 4) is 0 Å². The molecular formula is C18H27N3O3. The Hall–Kier alpha value is -2.24. The molecule has 6 heteroatoms. The van der Waals surface area contributed by atoms with E-state index in [4.69, 9.17) is 4.74 Å². The van der Waals surface area contributed by atoms with Gasteiger partial charge in [0.2, 0.25) is 5.91 Å². The van der Waals surface area contributed by atoms with Crippen molar-refractivity contribution in [2.24, 2.45) is 0 Å². The fraction of sp³-hybridized carbons (Fsp3) is 0.556. The zero-order valence-corrected chi connectivity index (χ0v) is 14.6. The lowest BCUT2D eigenvalue weighted by Gasteiger charge is -2.35. The van der Waals surface area contributed by atoms with E-state index >= 15 is 0 Å². The fourth-order valence-electron chi connectivity index (χ4n) is 2.68. The van der Waals surface area contributed by atoms with E-state index in [1.165, 1.54) is 0 Å². The molecule has 0 unspecified atom stereocenters. The first kappa shape index (κ1) is 18.1. The second kappa shape index (κ2) is 9.15. The van der Waals surface area contributed by atoms with E-state index in [0.717, 1.165) is 37.3 Å². The smallest absolute Gasteiger partial charge is 0.409 e. The van der Waals surface area contributed by atoms with Gasteiger partial charge in [0.25, 0.3) is 0 Å². The average Bonchev–Trinajstić information content (AvgIpc) is 2.61. The molecule has 1 fully saturated rings. The van der Waals surface area contributed by atoms with E-state index in [9.17, 15) is 9.59 Å². The predicted octanol–water partition coefficient (Wildman–Crippen LogP) is 3.09. The topological polar surface area (TPSA) is 61.9 Å². The van der Waals surface area contributed by atoms with Crippen LogP contribution in [0.3, 0.4) is 0 Å². The van der Waals surface area contributed by atoms with Crippen LogP contribution in [0, 0.1) is 0 Å². The van der Waals surface area contributed by atoms with Gasteiger partial charge >= 0.3 is 6.09 Å². The van der Waals surface area contributed by atoms with Crippen LogP contribution in [0.1, 0.15) is 33.1 Å². The van der Waals surface area contributed by atoms with Gasteiger partial charge in [-0.2, -0.15) is 0 Å². The summed E-state index contributed by atoms with van der Waals surface area (Å²) in [6, 6.07) is 7.87. The molecule has 1 N–H and O–H groups in total. The lowest BCUT2D eigenvalue weighted by molar-refractivity contribution is -0.116. The molecule has 1 aromatic rings. The summed E-state index contributed by atoms with van der Waals surface area (Å²) in [5, 5.41) is 2.92. The second-order valence-corrected chi connectivity index (χ2v) is 5.87. The average molecular weight is 333 g/mol. The number of nitrogens with zero attached hydrogens (tertiary/aromatic N) is 2. The third-order valence-corrected chi connectivity index (χ3v) is 4.08. The van der Waals surface area contributed by atoms with Gasteiger partial charge in [-0.3, -0.25) is 4.79 Å². The number of carbonyl (C=O) groups excluding carboxylic acids is 2. The maximum absolute atomic E-state index is 11.7. The van der Waals surface area contributed by atoms with Gasteiger partial charge in [-0.25, -0.2) is 4.79 Å². The van der Waals surface area contributed by atoms with Crippen molar-refractivity contribution >= 4 is 23.4 Å². The number of hydrogen-bond donors (Lipinski definition) is 1. The Kier molecular flexibility index (Phi) is 6.90. The maximum atomic E-state index is 11.7. The van der Waals surface area contributed by atoms with Gasteiger partial charge in [0.05, 0.1) is 6.61 Å². The van der Waals surface area contributed by atoms with E-state index in [2.05, 4.69) is 17.1 Å². The number of nitrogens with one attached hydrogen (secondary N) is 1. The minimum atomic E-state index is -0.234. The van der Waals surface area contributed by atoms with Crippen LogP contribution >= 0.6 is 0 Å². The molecule has 1 aromatic carbocycles. The van der Waals surface area contributed by atoms with Gasteiger partial charge in [0.1, 0.15) is 0 Å². The molecule has 0 aliphatic carbocycles. The summed E-state index contributed by atoms with van der Waals surface area (Å²) >= 11 is 0. The van der Waals surface area contributed by atoms with Crippen molar-refractivity contribution < 1.29 is 14.3 Å². The number of carbonyl (C=O) groups is 2. The second-order valence-electron chi connectivity index (χ2n) is 5.87. The predicted molar refractivity (Wildman–Crippen MR) is 95.4 cm³/mol. The van der Waals surface area contributed by atoms with Crippen LogP contribution in [-0.2, 0) is 9.53 Å². The number of amides is 2. The Bertz CT molecular complexity index is 537. The maximum Gasteiger partial charge on any atom is 0.409 e. The quantitative estimate of drug-likeness (QED) is 0.869. The molecule has 132 valence electrons. The van der Waals surface area contributed by atoms with Crippen LogP contribution < -0.4 is 10.2 Å². The van der Waals surface area contributed by atoms with Gasteiger partial charge in [-0.1, -0.05) is 13.3 Å². The number of benzene rings is 1. The fourth-order valence-corrected chi connectivity index (χ4v) is 2.68. The molecule has 1 aliphatic rings. The van der Waals surface area contributed by atoms with Crippen LogP contribution in [0.4, 0.5) is 16.2 Å². The van der Waals surface area contributed by atoms with Gasteiger partial charge < -0.3 is 19.9 Å². The molecule has 0 spiro atoms. The van der Waals surface area contributed by atoms with Crippen LogP contribution in [0.15, 0.2) is 24.3 Å². The van der Waals surface area contributed by atoms with E-state index in [1.54, 1.807) is 4.90 Å². The van der Waals surface area contributed by atoms with Crippen LogP contribution in [0.2, 0.25) is 0 Å². The van der Waals surface area contributed by atoms with Crippen LogP contribution in [0.25, 0.3) is 0 Å². The van der Waals surface area contributed by atoms with Crippen molar-refractivity contribution in [2.75, 3.05) is 43.0 Å². The highest BCUT2D eigenvalue weighted by molar-refractivity contribution is 5.90. The number of rotatable bonds is 6. The van der Waals surface area contributed by atoms with Gasteiger partial charge in [0.15, 0.2) is 0 Å². The summed E-state index contributed by atoms with van der Waals surface area (Å²) in [6.45, 7) is 7.18. The van der Waals surface area contributed by atoms with Crippen molar-refractivity contribution in [3.05, 3.63) is 24.3 Å². The Balaban J connectivity index is 1.84. The minimum absolute atomic E-state index is 0.0626. The summed E-state index contributed by atoms with van der Waals surface area (Å²) in [5.74, 6) is 0.0626. The Morgan fingerprint density at radius 2 is 1.75 bits per heavy atom. The molecule has 0 atom stereocenters. The Morgan fingerprint density at radius 1 is 1.08 bits per heavy atom. The van der Waals surface area contributed by atoms with Crippen molar-refractivity contribution in [2.45, 2.75) is 33.1 Å². The number of piperazine rings is 1. The normalized spacial score (nSPS) is 14.4. The summed E-state index contributed by atoms with van der Waals surface area (Å²) < 4.78 is 5.03. The first-order chi connectivity index (χ1) is 11.6. The molecule has 0 radical (unpaired) electrons. The largest absolute Gasteiger partial charge is 0.450 e. The van der Waals surface area contributed by atoms with Gasteiger partial charge in [0, 0.05) is 44.0 Å².